The summed E-state index contributed by atoms with van der Waals surface area (Å²) in [4.78, 5) is 11.8. The Hall–Kier alpha value is -0.870. The molecule has 1 fully saturated rings. The molecule has 1 aliphatic rings. The maximum absolute atomic E-state index is 11.8. The van der Waals surface area contributed by atoms with Crippen LogP contribution in [-0.4, -0.2) is 25.5 Å². The summed E-state index contributed by atoms with van der Waals surface area (Å²) in [5, 5.41) is 10.3. The first kappa shape index (κ1) is 11.6. The minimum Gasteiger partial charge on any atom is -0.352 e. The molecule has 2 N–H and O–H groups in total. The standard InChI is InChI=1S/C12H18N2OS/c1-9-7-16-8-11(9)12(15)14-6-10-2-4-13-5-3-10/h7-8,10,13H,2-6H2,1H3,(H,14,15). The van der Waals surface area contributed by atoms with Gasteiger partial charge < -0.3 is 10.6 Å². The average Bonchev–Trinajstić information content (AvgIpc) is 2.74. The lowest BCUT2D eigenvalue weighted by Gasteiger charge is -2.22. The number of nitrogens with one attached hydrogen (secondary N) is 2. The van der Waals surface area contributed by atoms with Gasteiger partial charge in [-0.15, -0.1) is 0 Å². The Morgan fingerprint density at radius 2 is 2.25 bits per heavy atom. The quantitative estimate of drug-likeness (QED) is 0.843. The van der Waals surface area contributed by atoms with Crippen LogP contribution in [0.2, 0.25) is 0 Å². The Morgan fingerprint density at radius 3 is 2.88 bits per heavy atom. The lowest BCUT2D eigenvalue weighted by Crippen LogP contribution is -2.36. The highest BCUT2D eigenvalue weighted by Gasteiger charge is 2.15. The topological polar surface area (TPSA) is 41.1 Å². The van der Waals surface area contributed by atoms with E-state index < -0.39 is 0 Å². The first-order valence-corrected chi connectivity index (χ1v) is 6.73. The van der Waals surface area contributed by atoms with Crippen LogP contribution in [0, 0.1) is 12.8 Å². The highest BCUT2D eigenvalue weighted by molar-refractivity contribution is 7.08. The summed E-state index contributed by atoms with van der Waals surface area (Å²) in [5.41, 5.74) is 1.91. The molecule has 2 rings (SSSR count). The predicted octanol–water partition coefficient (Wildman–Crippen LogP) is 1.79. The van der Waals surface area contributed by atoms with Crippen molar-refractivity contribution in [3.8, 4) is 0 Å². The molecule has 3 nitrogen and oxygen atoms in total. The van der Waals surface area contributed by atoms with Gasteiger partial charge in [-0.25, -0.2) is 0 Å². The molecular weight excluding hydrogens is 220 g/mol. The van der Waals surface area contributed by atoms with Gasteiger partial charge >= 0.3 is 0 Å². The van der Waals surface area contributed by atoms with Gasteiger partial charge in [0.25, 0.3) is 5.91 Å². The Labute approximate surface area is 100 Å². The van der Waals surface area contributed by atoms with Crippen LogP contribution in [-0.2, 0) is 0 Å². The van der Waals surface area contributed by atoms with Gasteiger partial charge in [-0.2, -0.15) is 11.3 Å². The van der Waals surface area contributed by atoms with Gasteiger partial charge in [-0.3, -0.25) is 4.79 Å². The molecule has 1 aromatic heterocycles. The number of hydrogen-bond acceptors (Lipinski definition) is 3. The average molecular weight is 238 g/mol. The first-order valence-electron chi connectivity index (χ1n) is 5.79. The summed E-state index contributed by atoms with van der Waals surface area (Å²) >= 11 is 1.59. The molecular formula is C12H18N2OS. The molecule has 0 unspecified atom stereocenters. The van der Waals surface area contributed by atoms with Gasteiger partial charge in [-0.05, 0) is 49.7 Å². The Balaban J connectivity index is 1.81. The third-order valence-corrected chi connectivity index (χ3v) is 3.97. The number of rotatable bonds is 3. The molecule has 1 aromatic rings. The van der Waals surface area contributed by atoms with Crippen molar-refractivity contribution in [2.45, 2.75) is 19.8 Å². The summed E-state index contributed by atoms with van der Waals surface area (Å²) in [6, 6.07) is 0. The number of thiophene rings is 1. The van der Waals surface area contributed by atoms with E-state index in [1.54, 1.807) is 11.3 Å². The number of aryl methyl sites for hydroxylation is 1. The predicted molar refractivity (Wildman–Crippen MR) is 67.0 cm³/mol. The van der Waals surface area contributed by atoms with Crippen LogP contribution in [0.4, 0.5) is 0 Å². The van der Waals surface area contributed by atoms with Crippen LogP contribution in [0.1, 0.15) is 28.8 Å². The van der Waals surface area contributed by atoms with Crippen molar-refractivity contribution >= 4 is 17.2 Å². The fourth-order valence-corrected chi connectivity index (χ4v) is 2.84. The first-order chi connectivity index (χ1) is 7.77. The summed E-state index contributed by atoms with van der Waals surface area (Å²) in [6.07, 6.45) is 2.34. The smallest absolute Gasteiger partial charge is 0.252 e. The van der Waals surface area contributed by atoms with E-state index in [9.17, 15) is 4.79 Å². The zero-order valence-electron chi connectivity index (χ0n) is 9.58. The lowest BCUT2D eigenvalue weighted by molar-refractivity contribution is 0.0944. The van der Waals surface area contributed by atoms with Crippen LogP contribution < -0.4 is 10.6 Å². The van der Waals surface area contributed by atoms with Crippen molar-refractivity contribution in [3.05, 3.63) is 21.9 Å². The number of carbonyl (C=O) groups excluding carboxylic acids is 1. The van der Waals surface area contributed by atoms with Crippen molar-refractivity contribution in [2.75, 3.05) is 19.6 Å². The number of hydrogen-bond donors (Lipinski definition) is 2. The van der Waals surface area contributed by atoms with E-state index >= 15 is 0 Å². The Morgan fingerprint density at radius 1 is 1.50 bits per heavy atom. The van der Waals surface area contributed by atoms with Gasteiger partial charge in [0.2, 0.25) is 0 Å². The molecule has 0 aliphatic carbocycles. The maximum atomic E-state index is 11.8. The largest absolute Gasteiger partial charge is 0.352 e. The second-order valence-electron chi connectivity index (χ2n) is 4.37. The number of piperidine rings is 1. The summed E-state index contributed by atoms with van der Waals surface area (Å²) in [7, 11) is 0. The zero-order valence-corrected chi connectivity index (χ0v) is 10.4. The van der Waals surface area contributed by atoms with E-state index in [1.807, 2.05) is 17.7 Å². The van der Waals surface area contributed by atoms with Gasteiger partial charge in [-0.1, -0.05) is 0 Å². The summed E-state index contributed by atoms with van der Waals surface area (Å²) < 4.78 is 0. The summed E-state index contributed by atoms with van der Waals surface area (Å²) in [5.74, 6) is 0.724. The Bertz CT molecular complexity index is 356. The van der Waals surface area contributed by atoms with Crippen molar-refractivity contribution in [3.63, 3.8) is 0 Å². The lowest BCUT2D eigenvalue weighted by atomic mass is 9.98. The normalized spacial score (nSPS) is 17.3. The fraction of sp³-hybridized carbons (Fsp3) is 0.583. The third kappa shape index (κ3) is 2.83. The van der Waals surface area contributed by atoms with E-state index in [2.05, 4.69) is 10.6 Å². The minimum absolute atomic E-state index is 0.0808. The molecule has 1 saturated heterocycles. The van der Waals surface area contributed by atoms with E-state index in [1.165, 1.54) is 12.8 Å². The van der Waals surface area contributed by atoms with Crippen molar-refractivity contribution in [2.24, 2.45) is 5.92 Å². The molecule has 0 radical (unpaired) electrons. The molecule has 2 heterocycles. The van der Waals surface area contributed by atoms with E-state index in [0.717, 1.165) is 30.8 Å². The molecule has 88 valence electrons. The second kappa shape index (κ2) is 5.46. The fourth-order valence-electron chi connectivity index (χ4n) is 2.01. The molecule has 4 heteroatoms. The molecule has 16 heavy (non-hydrogen) atoms. The van der Waals surface area contributed by atoms with Crippen molar-refractivity contribution < 1.29 is 4.79 Å². The molecule has 0 atom stereocenters. The number of amides is 1. The molecule has 0 bridgehead atoms. The van der Waals surface area contributed by atoms with Gasteiger partial charge in [0.1, 0.15) is 0 Å². The third-order valence-electron chi connectivity index (χ3n) is 3.11. The molecule has 1 aliphatic heterocycles. The molecule has 0 saturated carbocycles. The van der Waals surface area contributed by atoms with Gasteiger partial charge in [0.05, 0.1) is 5.56 Å². The van der Waals surface area contributed by atoms with E-state index in [0.29, 0.717) is 5.92 Å². The second-order valence-corrected chi connectivity index (χ2v) is 5.12. The maximum Gasteiger partial charge on any atom is 0.252 e. The molecule has 1 amide bonds. The van der Waals surface area contributed by atoms with E-state index in [-0.39, 0.29) is 5.91 Å². The van der Waals surface area contributed by atoms with Gasteiger partial charge in [0, 0.05) is 11.9 Å². The van der Waals surface area contributed by atoms with Crippen LogP contribution in [0.15, 0.2) is 10.8 Å². The SMILES string of the molecule is Cc1cscc1C(=O)NCC1CCNCC1. The highest BCUT2D eigenvalue weighted by atomic mass is 32.1. The zero-order chi connectivity index (χ0) is 11.4. The minimum atomic E-state index is 0.0808. The van der Waals surface area contributed by atoms with Crippen molar-refractivity contribution in [1.82, 2.24) is 10.6 Å². The monoisotopic (exact) mass is 238 g/mol. The number of carbonyl (C=O) groups is 1. The van der Waals surface area contributed by atoms with Crippen LogP contribution in [0.25, 0.3) is 0 Å². The van der Waals surface area contributed by atoms with E-state index in [4.69, 9.17) is 0 Å². The van der Waals surface area contributed by atoms with Crippen LogP contribution >= 0.6 is 11.3 Å². The Kier molecular flexibility index (Phi) is 3.96. The van der Waals surface area contributed by atoms with Crippen molar-refractivity contribution in [1.29, 1.82) is 0 Å². The van der Waals surface area contributed by atoms with Crippen LogP contribution in [0.3, 0.4) is 0 Å². The molecule has 0 aromatic carbocycles. The summed E-state index contributed by atoms with van der Waals surface area (Å²) in [6.45, 7) is 4.96. The molecule has 0 spiro atoms. The highest BCUT2D eigenvalue weighted by Crippen LogP contribution is 2.14. The van der Waals surface area contributed by atoms with Gasteiger partial charge in [0.15, 0.2) is 0 Å². The van der Waals surface area contributed by atoms with Crippen LogP contribution in [0.5, 0.6) is 0 Å².